The second-order valence-electron chi connectivity index (χ2n) is 9.82. The predicted octanol–water partition coefficient (Wildman–Crippen LogP) is 5.17. The van der Waals surface area contributed by atoms with E-state index >= 15 is 0 Å². The summed E-state index contributed by atoms with van der Waals surface area (Å²) in [4.78, 5) is 11.9. The number of ketones is 1. The quantitative estimate of drug-likeness (QED) is 0.698. The van der Waals surface area contributed by atoms with Gasteiger partial charge in [-0.05, 0) is 93.0 Å². The first kappa shape index (κ1) is 16.8. The topological polar surface area (TPSA) is 26.3 Å². The molecule has 7 atom stereocenters. The van der Waals surface area contributed by atoms with Crippen LogP contribution in [0.4, 0.5) is 0 Å². The van der Waals surface area contributed by atoms with Gasteiger partial charge in [-0.1, -0.05) is 19.9 Å². The van der Waals surface area contributed by atoms with E-state index in [1.54, 1.807) is 0 Å². The number of allylic oxidation sites excluding steroid dienone is 2. The van der Waals surface area contributed by atoms with Crippen molar-refractivity contribution in [3.8, 4) is 0 Å². The molecule has 0 spiro atoms. The van der Waals surface area contributed by atoms with E-state index in [0.29, 0.717) is 29.3 Å². The van der Waals surface area contributed by atoms with E-state index in [9.17, 15) is 4.79 Å². The molecule has 2 heteroatoms. The van der Waals surface area contributed by atoms with Crippen LogP contribution in [-0.2, 0) is 9.53 Å². The maximum atomic E-state index is 11.9. The van der Waals surface area contributed by atoms with E-state index in [-0.39, 0.29) is 5.41 Å². The summed E-state index contributed by atoms with van der Waals surface area (Å²) in [5.74, 6) is 3.37. The van der Waals surface area contributed by atoms with Gasteiger partial charge in [0.05, 0.1) is 12.2 Å². The van der Waals surface area contributed by atoms with Gasteiger partial charge in [0.1, 0.15) is 0 Å². The molecule has 0 unspecified atom stereocenters. The number of rotatable bonds is 2. The molecule has 0 bridgehead atoms. The zero-order valence-corrected chi connectivity index (χ0v) is 15.9. The van der Waals surface area contributed by atoms with Gasteiger partial charge in [0.25, 0.3) is 0 Å². The van der Waals surface area contributed by atoms with Crippen molar-refractivity contribution in [1.82, 2.24) is 0 Å². The molecule has 0 aromatic heterocycles. The van der Waals surface area contributed by atoms with Crippen molar-refractivity contribution < 1.29 is 9.53 Å². The summed E-state index contributed by atoms with van der Waals surface area (Å²) in [7, 11) is 0. The van der Waals surface area contributed by atoms with Gasteiger partial charge in [0, 0.05) is 6.42 Å². The Morgan fingerprint density at radius 2 is 1.88 bits per heavy atom. The lowest BCUT2D eigenvalue weighted by molar-refractivity contribution is -0.130. The summed E-state index contributed by atoms with van der Waals surface area (Å²) in [6.45, 7) is 9.33. The maximum absolute atomic E-state index is 11.9. The molecule has 4 aliphatic rings. The zero-order chi connectivity index (χ0) is 17.1. The second-order valence-corrected chi connectivity index (χ2v) is 9.82. The lowest BCUT2D eigenvalue weighted by Gasteiger charge is -2.58. The molecule has 0 aromatic carbocycles. The van der Waals surface area contributed by atoms with Gasteiger partial charge < -0.3 is 4.74 Å². The molecule has 0 heterocycles. The first-order chi connectivity index (χ1) is 11.3. The molecule has 3 saturated carbocycles. The van der Waals surface area contributed by atoms with Gasteiger partial charge >= 0.3 is 0 Å². The monoisotopic (exact) mass is 330 g/mol. The molecule has 0 radical (unpaired) electrons. The molecule has 24 heavy (non-hydrogen) atoms. The summed E-state index contributed by atoms with van der Waals surface area (Å²) in [5.41, 5.74) is 0.637. The average molecular weight is 331 g/mol. The van der Waals surface area contributed by atoms with Crippen molar-refractivity contribution in [3.63, 3.8) is 0 Å². The molecule has 0 amide bonds. The van der Waals surface area contributed by atoms with Crippen LogP contribution < -0.4 is 0 Å². The first-order valence-electron chi connectivity index (χ1n) is 10.2. The minimum atomic E-state index is 0.259. The molecule has 3 fully saturated rings. The van der Waals surface area contributed by atoms with Gasteiger partial charge in [-0.15, -0.1) is 0 Å². The molecule has 4 aliphatic carbocycles. The Balaban J connectivity index is 1.61. The third-order valence-corrected chi connectivity index (χ3v) is 8.39. The Morgan fingerprint density at radius 1 is 1.08 bits per heavy atom. The van der Waals surface area contributed by atoms with Crippen LogP contribution in [0.3, 0.4) is 0 Å². The third-order valence-electron chi connectivity index (χ3n) is 8.39. The SMILES string of the molecule is CC(C)O[C@H]1CC[C@H]2[C@@H]3CC[C@H]4CC(=O)C=C[C@]4(C)[C@H]3CC[C@]12C. The highest BCUT2D eigenvalue weighted by Crippen LogP contribution is 2.65. The minimum Gasteiger partial charge on any atom is -0.375 e. The highest BCUT2D eigenvalue weighted by Gasteiger charge is 2.59. The molecule has 4 rings (SSSR count). The van der Waals surface area contributed by atoms with Crippen LogP contribution in [0.1, 0.15) is 72.6 Å². The van der Waals surface area contributed by atoms with Gasteiger partial charge in [-0.25, -0.2) is 0 Å². The Morgan fingerprint density at radius 3 is 2.62 bits per heavy atom. The van der Waals surface area contributed by atoms with Gasteiger partial charge in [-0.3, -0.25) is 4.79 Å². The van der Waals surface area contributed by atoms with Crippen LogP contribution in [-0.4, -0.2) is 18.0 Å². The van der Waals surface area contributed by atoms with Crippen molar-refractivity contribution in [2.45, 2.75) is 84.8 Å². The van der Waals surface area contributed by atoms with Gasteiger partial charge in [0.2, 0.25) is 0 Å². The van der Waals surface area contributed by atoms with Crippen molar-refractivity contribution in [1.29, 1.82) is 0 Å². The number of hydrogen-bond donors (Lipinski definition) is 0. The Labute approximate surface area is 147 Å². The van der Waals surface area contributed by atoms with Gasteiger partial charge in [-0.2, -0.15) is 0 Å². The molecular formula is C22H34O2. The molecule has 0 aromatic rings. The third kappa shape index (κ3) is 2.35. The van der Waals surface area contributed by atoms with Crippen LogP contribution in [0, 0.1) is 34.5 Å². The van der Waals surface area contributed by atoms with Crippen molar-refractivity contribution in [3.05, 3.63) is 12.2 Å². The summed E-state index contributed by atoms with van der Waals surface area (Å²) in [5, 5.41) is 0. The summed E-state index contributed by atoms with van der Waals surface area (Å²) in [6, 6.07) is 0. The fourth-order valence-corrected chi connectivity index (χ4v) is 7.14. The normalized spacial score (nSPS) is 50.5. The number of ether oxygens (including phenoxy) is 1. The molecule has 0 N–H and O–H groups in total. The number of hydrogen-bond acceptors (Lipinski definition) is 2. The van der Waals surface area contributed by atoms with Crippen LogP contribution in [0.2, 0.25) is 0 Å². The van der Waals surface area contributed by atoms with Crippen LogP contribution in [0.15, 0.2) is 12.2 Å². The van der Waals surface area contributed by atoms with E-state index in [1.165, 1.54) is 38.5 Å². The van der Waals surface area contributed by atoms with Crippen molar-refractivity contribution in [2.24, 2.45) is 34.5 Å². The Hall–Kier alpha value is -0.630. The predicted molar refractivity (Wildman–Crippen MR) is 96.6 cm³/mol. The largest absolute Gasteiger partial charge is 0.375 e. The van der Waals surface area contributed by atoms with Crippen LogP contribution in [0.25, 0.3) is 0 Å². The zero-order valence-electron chi connectivity index (χ0n) is 15.9. The van der Waals surface area contributed by atoms with E-state index in [0.717, 1.165) is 24.2 Å². The van der Waals surface area contributed by atoms with E-state index in [1.807, 2.05) is 6.08 Å². The molecule has 0 saturated heterocycles. The summed E-state index contributed by atoms with van der Waals surface area (Å²) in [6.07, 6.45) is 13.6. The number of carbonyl (C=O) groups is 1. The van der Waals surface area contributed by atoms with Gasteiger partial charge in [0.15, 0.2) is 5.78 Å². The van der Waals surface area contributed by atoms with Crippen molar-refractivity contribution in [2.75, 3.05) is 0 Å². The second kappa shape index (κ2) is 5.69. The Bertz CT molecular complexity index is 550. The van der Waals surface area contributed by atoms with Crippen molar-refractivity contribution >= 4 is 5.78 Å². The Kier molecular flexibility index (Phi) is 3.99. The average Bonchev–Trinajstić information content (AvgIpc) is 2.84. The smallest absolute Gasteiger partial charge is 0.155 e. The molecule has 2 nitrogen and oxygen atoms in total. The fraction of sp³-hybridized carbons (Fsp3) is 0.864. The highest BCUT2D eigenvalue weighted by molar-refractivity contribution is 5.91. The van der Waals surface area contributed by atoms with E-state index in [4.69, 9.17) is 4.74 Å². The van der Waals surface area contributed by atoms with Crippen LogP contribution >= 0.6 is 0 Å². The standard InChI is InChI=1S/C22H34O2/c1-14(2)24-20-8-7-18-17-6-5-15-13-16(23)9-11-21(15,3)19(17)10-12-22(18,20)4/h9,11,14-15,17-20H,5-8,10,12-13H2,1-4H3/t15-,17-,18-,19-,20-,21-,22-/m0/s1. The number of carbonyl (C=O) groups excluding carboxylic acids is 1. The lowest BCUT2D eigenvalue weighted by atomic mass is 9.46. The summed E-state index contributed by atoms with van der Waals surface area (Å²) >= 11 is 0. The molecular weight excluding hydrogens is 296 g/mol. The number of fused-ring (bicyclic) bond motifs is 5. The maximum Gasteiger partial charge on any atom is 0.155 e. The lowest BCUT2D eigenvalue weighted by Crippen LogP contribution is -2.53. The molecule has 0 aliphatic heterocycles. The fourth-order valence-electron chi connectivity index (χ4n) is 7.14. The van der Waals surface area contributed by atoms with E-state index in [2.05, 4.69) is 33.8 Å². The minimum absolute atomic E-state index is 0.259. The molecule has 134 valence electrons. The van der Waals surface area contributed by atoms with Crippen LogP contribution in [0.5, 0.6) is 0 Å². The summed E-state index contributed by atoms with van der Waals surface area (Å²) < 4.78 is 6.35. The van der Waals surface area contributed by atoms with E-state index < -0.39 is 0 Å². The highest BCUT2D eigenvalue weighted by atomic mass is 16.5. The first-order valence-corrected chi connectivity index (χ1v) is 10.2.